The smallest absolute Gasteiger partial charge is 0.350 e. The fraction of sp³-hybridized carbons (Fsp3) is 0.324. The summed E-state index contributed by atoms with van der Waals surface area (Å²) in [6.07, 6.45) is 22.3. The van der Waals surface area contributed by atoms with Crippen molar-refractivity contribution >= 4 is 92.2 Å². The molecule has 5 atom stereocenters. The summed E-state index contributed by atoms with van der Waals surface area (Å²) < 4.78 is 82.2. The first-order valence-electron chi connectivity index (χ1n) is 44.6. The molecule has 4 aromatic carbocycles. The maximum Gasteiger partial charge on any atom is 0.417 e. The average Bonchev–Trinajstić information content (AvgIpc) is 0.811. The van der Waals surface area contributed by atoms with Gasteiger partial charge in [0, 0.05) is 180 Å². The van der Waals surface area contributed by atoms with Crippen molar-refractivity contribution in [3.63, 3.8) is 0 Å². The van der Waals surface area contributed by atoms with Crippen molar-refractivity contribution in [1.82, 2.24) is 56.5 Å². The van der Waals surface area contributed by atoms with E-state index in [4.69, 9.17) is 34.8 Å². The molecule has 132 heavy (non-hydrogen) atoms. The third kappa shape index (κ3) is 23.4. The van der Waals surface area contributed by atoms with Crippen LogP contribution in [0.4, 0.5) is 26.3 Å². The highest BCUT2D eigenvalue weighted by Gasteiger charge is 2.38. The van der Waals surface area contributed by atoms with Crippen LogP contribution in [0.2, 0.25) is 15.1 Å². The Bertz CT molecular complexity index is 6510. The maximum absolute atomic E-state index is 14.0. The second kappa shape index (κ2) is 40.2. The number of amides is 5. The van der Waals surface area contributed by atoms with Crippen LogP contribution in [0.3, 0.4) is 0 Å². The Morgan fingerprint density at radius 3 is 0.947 bits per heavy atom. The van der Waals surface area contributed by atoms with Crippen molar-refractivity contribution in [2.45, 2.75) is 208 Å². The summed E-state index contributed by atoms with van der Waals surface area (Å²) in [7, 11) is 0. The van der Waals surface area contributed by atoms with Crippen LogP contribution in [0.15, 0.2) is 206 Å². The second-order valence-corrected chi connectivity index (χ2v) is 36.5. The van der Waals surface area contributed by atoms with Crippen LogP contribution in [0.1, 0.15) is 259 Å². The van der Waals surface area contributed by atoms with E-state index < -0.39 is 35.2 Å². The maximum atomic E-state index is 14.0. The summed E-state index contributed by atoms with van der Waals surface area (Å²) in [4.78, 5) is 139. The normalized spacial score (nSPS) is 20.3. The van der Waals surface area contributed by atoms with Gasteiger partial charge in [-0.3, -0.25) is 52.9 Å². The van der Waals surface area contributed by atoms with Crippen molar-refractivity contribution < 1.29 is 50.3 Å². The first-order valence-corrected chi connectivity index (χ1v) is 45.7. The molecule has 5 amide bonds. The minimum absolute atomic E-state index is 0.00883. The standard InChI is InChI=1S/C21H18ClF3N2O2.C21H21ClN2O2.C20H18ClFN2O2.C20H18F2N2O2.C20H21N3O2/c22-12-3-5-15(17(9-12)21(23,24)25)16(10-13-4-8-19(28)26-13)18-7-6-14(11-1-2-11)20(29)27-18;1-12-2-6-16(18(22)10-12)17(11-14-5-9-20(25)23-14)19-8-7-15(13-3-4-13)21(26)24-19;2*21-16-6-3-12(9-17(16)22)15(10-13-4-8-19(25)23-13)18-7-5-14(11-1-2-11)20(26)24-18;1-12-2-3-14(11-21-12)17(10-15-6-9-19(24)22-15)18-8-7-16(13-4-5-13)20(25)23-18/h3,5-7,9-11,13H,1-2,4,8H2,(H,26,28)(H,27,29);2,6-8,10-11,13-14H,3-5,9H2,1H3,(H,23,25)(H,24,26);2*3,5-7,9-11,13H,1-2,4,8H2,(H,23,25)(H,24,26);2-3,7-8,10-11,13,15H,4-6,9H2,1H3,(H,22,24)(H,23,25)/b16-10+;17-11+;2*15-10+;17-10+/t13-;14-;2*13-;15-/m11111/s1. The van der Waals surface area contributed by atoms with E-state index in [1.165, 1.54) is 30.3 Å². The topological polar surface area (TPSA) is 323 Å². The molecule has 11 heterocycles. The van der Waals surface area contributed by atoms with Gasteiger partial charge in [-0.2, -0.15) is 13.2 Å². The number of alkyl halides is 3. The first kappa shape index (κ1) is 92.5. The molecule has 30 heteroatoms. The third-order valence-corrected chi connectivity index (χ3v) is 25.7. The lowest BCUT2D eigenvalue weighted by atomic mass is 9.94. The molecule has 5 aliphatic carbocycles. The van der Waals surface area contributed by atoms with Gasteiger partial charge >= 0.3 is 6.18 Å². The number of nitrogens with zero attached hydrogens (tertiary/aromatic N) is 1. The van der Waals surface area contributed by atoms with Gasteiger partial charge in [0.05, 0.1) is 10.6 Å². The lowest BCUT2D eigenvalue weighted by molar-refractivity contribution is -0.137. The van der Waals surface area contributed by atoms with Crippen molar-refractivity contribution in [3.05, 3.63) is 367 Å². The number of aryl methyl sites for hydroxylation is 2. The summed E-state index contributed by atoms with van der Waals surface area (Å²) in [6.45, 7) is 3.93. The number of halogens is 9. The predicted octanol–water partition coefficient (Wildman–Crippen LogP) is 18.2. The van der Waals surface area contributed by atoms with Gasteiger partial charge in [0.25, 0.3) is 27.8 Å². The number of aromatic amines is 5. The van der Waals surface area contributed by atoms with E-state index in [0.717, 1.165) is 162 Å². The van der Waals surface area contributed by atoms with E-state index in [9.17, 15) is 74.3 Å². The number of hydrogen-bond donors (Lipinski definition) is 10. The van der Waals surface area contributed by atoms with Gasteiger partial charge in [-0.1, -0.05) is 132 Å². The van der Waals surface area contributed by atoms with Crippen LogP contribution in [0.5, 0.6) is 0 Å². The minimum atomic E-state index is -4.63. The zero-order valence-electron chi connectivity index (χ0n) is 72.2. The van der Waals surface area contributed by atoms with Crippen LogP contribution < -0.4 is 54.4 Å². The number of pyridine rings is 6. The van der Waals surface area contributed by atoms with Crippen molar-refractivity contribution in [1.29, 1.82) is 0 Å². The predicted molar refractivity (Wildman–Crippen MR) is 496 cm³/mol. The molecule has 10 fully saturated rings. The van der Waals surface area contributed by atoms with Crippen LogP contribution in [-0.4, -0.2) is 89.6 Å². The van der Waals surface area contributed by atoms with Crippen LogP contribution in [0, 0.1) is 31.3 Å². The summed E-state index contributed by atoms with van der Waals surface area (Å²) >= 11 is 18.1. The molecule has 682 valence electrons. The Balaban J connectivity index is 0.000000120. The zero-order chi connectivity index (χ0) is 92.9. The molecule has 21 nitrogen and oxygen atoms in total. The Morgan fingerprint density at radius 1 is 0.326 bits per heavy atom. The van der Waals surface area contributed by atoms with E-state index in [-0.39, 0.29) is 114 Å². The largest absolute Gasteiger partial charge is 0.417 e. The van der Waals surface area contributed by atoms with Gasteiger partial charge in [0.1, 0.15) is 5.82 Å². The lowest BCUT2D eigenvalue weighted by Crippen LogP contribution is -2.24. The second-order valence-electron chi connectivity index (χ2n) is 35.2. The molecular formula is C102H96Cl3F6N11O10. The number of benzene rings is 4. The van der Waals surface area contributed by atoms with Gasteiger partial charge in [-0.25, -0.2) is 13.2 Å². The molecule has 6 aromatic heterocycles. The van der Waals surface area contributed by atoms with Gasteiger partial charge in [-0.05, 0) is 241 Å². The summed E-state index contributed by atoms with van der Waals surface area (Å²) in [5.41, 5.74) is 13.3. The zero-order valence-corrected chi connectivity index (χ0v) is 74.4. The fourth-order valence-corrected chi connectivity index (χ4v) is 17.7. The minimum Gasteiger partial charge on any atom is -0.350 e. The number of rotatable bonds is 20. The number of nitrogens with one attached hydrogen (secondary N) is 10. The monoisotopic (exact) mass is 1850 g/mol. The molecule has 10 aliphatic rings. The molecule has 0 bridgehead atoms. The number of hydrogen-bond acceptors (Lipinski definition) is 11. The molecule has 10 N–H and O–H groups in total. The highest BCUT2D eigenvalue weighted by atomic mass is 35.5. The molecule has 0 spiro atoms. The molecule has 5 saturated heterocycles. The Kier molecular flexibility index (Phi) is 28.2. The number of carbonyl (C=O) groups is 5. The van der Waals surface area contributed by atoms with E-state index in [0.29, 0.717) is 119 Å². The number of H-pyrrole nitrogens is 5. The van der Waals surface area contributed by atoms with Crippen molar-refractivity contribution in [2.75, 3.05) is 0 Å². The summed E-state index contributed by atoms with van der Waals surface area (Å²) in [6, 6.07) is 39.1. The van der Waals surface area contributed by atoms with E-state index in [1.54, 1.807) is 42.5 Å². The molecular weight excluding hydrogens is 1760 g/mol. The molecule has 20 rings (SSSR count). The SMILES string of the molecule is Cc1ccc(/C(=C\[C@H]2CCC(=O)N2)c2ccc(C3CC3)c(=O)[nH]2)c(Cl)c1.Cc1ccc(/C(=C\[C@H]2CCC(=O)N2)c2ccc(C3CC3)c(=O)[nH]2)cn1.O=C1CC[C@H](/C=C(/c2ccc(C3CC3)c(=O)[nH]2)c2ccc(Cl)cc2C(F)(F)F)N1.O=C1CC[C@H](/C=C(\c2ccc(Cl)c(F)c2)c2ccc(C3CC3)c(=O)[nH]2)N1.O=C1CC[C@H](/C=C(\c2ccc(F)c(F)c2)c2ccc(C3CC3)c(=O)[nH]2)N1. The van der Waals surface area contributed by atoms with Crippen LogP contribution in [0.25, 0.3) is 27.9 Å². The molecule has 0 radical (unpaired) electrons. The summed E-state index contributed by atoms with van der Waals surface area (Å²) in [5.74, 6) is -0.802. The lowest BCUT2D eigenvalue weighted by Gasteiger charge is -2.18. The summed E-state index contributed by atoms with van der Waals surface area (Å²) in [5, 5.41) is 15.0. The molecule has 5 saturated carbocycles. The van der Waals surface area contributed by atoms with Crippen LogP contribution >= 0.6 is 34.8 Å². The number of aromatic nitrogens is 6. The fourth-order valence-electron chi connectivity index (χ4n) is 17.1. The van der Waals surface area contributed by atoms with Crippen molar-refractivity contribution in [3.8, 4) is 0 Å². The van der Waals surface area contributed by atoms with E-state index >= 15 is 0 Å². The van der Waals surface area contributed by atoms with Gasteiger partial charge < -0.3 is 51.5 Å². The van der Waals surface area contributed by atoms with Gasteiger partial charge in [-0.15, -0.1) is 0 Å². The Morgan fingerprint density at radius 2 is 0.644 bits per heavy atom. The number of carbonyl (C=O) groups excluding carboxylic acids is 5. The van der Waals surface area contributed by atoms with Crippen molar-refractivity contribution in [2.24, 2.45) is 0 Å². The van der Waals surface area contributed by atoms with Crippen LogP contribution in [-0.2, 0) is 30.1 Å². The quantitative estimate of drug-likeness (QED) is 0.0320. The van der Waals surface area contributed by atoms with Gasteiger partial charge in [0.2, 0.25) is 29.5 Å². The average molecular weight is 1860 g/mol. The Hall–Kier alpha value is -12.7. The first-order chi connectivity index (χ1) is 63.3. The molecule has 10 aromatic rings. The van der Waals surface area contributed by atoms with E-state index in [2.05, 4.69) is 56.5 Å². The third-order valence-electron chi connectivity index (χ3n) is 24.9. The van der Waals surface area contributed by atoms with E-state index in [1.807, 2.05) is 105 Å². The Labute approximate surface area is 770 Å². The van der Waals surface area contributed by atoms with Gasteiger partial charge in [0.15, 0.2) is 11.6 Å². The highest BCUT2D eigenvalue weighted by molar-refractivity contribution is 6.32. The highest BCUT2D eigenvalue weighted by Crippen LogP contribution is 2.45. The molecule has 0 unspecified atom stereocenters. The molecule has 5 aliphatic heterocycles.